The maximum absolute atomic E-state index is 11.8. The molecule has 0 saturated heterocycles. The number of carbonyl (C=O) groups excluding carboxylic acids is 2. The molecule has 5 nitrogen and oxygen atoms in total. The molecule has 0 aliphatic rings. The maximum Gasteiger partial charge on any atom is 0.339 e. The molecule has 0 aliphatic carbocycles. The Labute approximate surface area is 104 Å². The summed E-state index contributed by atoms with van der Waals surface area (Å²) in [6.07, 6.45) is 0.649. The number of esters is 1. The number of carbonyl (C=O) groups is 3. The van der Waals surface area contributed by atoms with Crippen LogP contribution in [-0.4, -0.2) is 29.9 Å². The summed E-state index contributed by atoms with van der Waals surface area (Å²) < 4.78 is 4.87. The summed E-state index contributed by atoms with van der Waals surface area (Å²) in [5.41, 5.74) is 0.896. The third-order valence-electron chi connectivity index (χ3n) is 2.40. The van der Waals surface area contributed by atoms with E-state index in [-0.39, 0.29) is 30.6 Å². The van der Waals surface area contributed by atoms with Crippen molar-refractivity contribution in [2.45, 2.75) is 19.8 Å². The van der Waals surface area contributed by atoms with Crippen LogP contribution >= 0.6 is 0 Å². The van der Waals surface area contributed by atoms with Crippen LogP contribution in [0, 0.1) is 0 Å². The summed E-state index contributed by atoms with van der Waals surface area (Å²) in [5, 5.41) is 8.65. The van der Waals surface area contributed by atoms with Crippen LogP contribution in [0.1, 0.15) is 39.6 Å². The minimum atomic E-state index is -0.957. The van der Waals surface area contributed by atoms with Crippen LogP contribution in [0.4, 0.5) is 0 Å². The van der Waals surface area contributed by atoms with Gasteiger partial charge in [-0.05, 0) is 18.9 Å². The molecule has 0 fully saturated rings. The van der Waals surface area contributed by atoms with Gasteiger partial charge in [0.25, 0.3) is 0 Å². The monoisotopic (exact) mass is 250 g/mol. The van der Waals surface area contributed by atoms with E-state index in [0.717, 1.165) is 0 Å². The third-order valence-corrected chi connectivity index (χ3v) is 2.40. The lowest BCUT2D eigenvalue weighted by atomic mass is 9.98. The Morgan fingerprint density at radius 3 is 2.67 bits per heavy atom. The van der Waals surface area contributed by atoms with Gasteiger partial charge in [0.1, 0.15) is 0 Å². The Bertz CT molecular complexity index is 464. The van der Waals surface area contributed by atoms with Crippen LogP contribution < -0.4 is 0 Å². The molecule has 0 heterocycles. The summed E-state index contributed by atoms with van der Waals surface area (Å²) >= 11 is 0. The first-order valence-corrected chi connectivity index (χ1v) is 5.56. The standard InChI is InChI=1S/C13H14O5/c1-2-18-13(17)12-9(6-7-11(15)16)4-3-5-10(12)8-14/h3-5,8H,2,6-7H2,1H3,(H,15,16). The van der Waals surface area contributed by atoms with E-state index >= 15 is 0 Å². The zero-order valence-electron chi connectivity index (χ0n) is 10.0. The van der Waals surface area contributed by atoms with Gasteiger partial charge in [-0.25, -0.2) is 4.79 Å². The quantitative estimate of drug-likeness (QED) is 0.613. The van der Waals surface area contributed by atoms with Gasteiger partial charge in [-0.2, -0.15) is 0 Å². The van der Waals surface area contributed by atoms with E-state index in [1.54, 1.807) is 19.1 Å². The number of aliphatic carboxylic acids is 1. The number of hydrogen-bond acceptors (Lipinski definition) is 4. The van der Waals surface area contributed by atoms with Gasteiger partial charge in [0, 0.05) is 12.0 Å². The van der Waals surface area contributed by atoms with Gasteiger partial charge in [-0.1, -0.05) is 18.2 Å². The molecule has 0 unspecified atom stereocenters. The lowest BCUT2D eigenvalue weighted by molar-refractivity contribution is -0.136. The summed E-state index contributed by atoms with van der Waals surface area (Å²) in [5.74, 6) is -1.55. The molecule has 1 aromatic carbocycles. The van der Waals surface area contributed by atoms with E-state index in [1.807, 2.05) is 0 Å². The fraction of sp³-hybridized carbons (Fsp3) is 0.308. The second-order valence-corrected chi connectivity index (χ2v) is 3.61. The van der Waals surface area contributed by atoms with Gasteiger partial charge in [0.15, 0.2) is 6.29 Å². The zero-order valence-corrected chi connectivity index (χ0v) is 10.0. The molecule has 0 aliphatic heterocycles. The van der Waals surface area contributed by atoms with Crippen molar-refractivity contribution in [3.05, 3.63) is 34.9 Å². The van der Waals surface area contributed by atoms with E-state index < -0.39 is 11.9 Å². The minimum absolute atomic E-state index is 0.102. The van der Waals surface area contributed by atoms with Crippen LogP contribution in [0.3, 0.4) is 0 Å². The van der Waals surface area contributed by atoms with Crippen LogP contribution in [0.15, 0.2) is 18.2 Å². The van der Waals surface area contributed by atoms with Gasteiger partial charge in [0.2, 0.25) is 0 Å². The lowest BCUT2D eigenvalue weighted by Gasteiger charge is -2.10. The van der Waals surface area contributed by atoms with Crippen molar-refractivity contribution in [1.82, 2.24) is 0 Å². The van der Waals surface area contributed by atoms with Gasteiger partial charge < -0.3 is 9.84 Å². The highest BCUT2D eigenvalue weighted by atomic mass is 16.5. The highest BCUT2D eigenvalue weighted by Gasteiger charge is 2.17. The van der Waals surface area contributed by atoms with Crippen molar-refractivity contribution in [2.75, 3.05) is 6.61 Å². The highest BCUT2D eigenvalue weighted by Crippen LogP contribution is 2.17. The van der Waals surface area contributed by atoms with Crippen LogP contribution in [0.25, 0.3) is 0 Å². The summed E-state index contributed by atoms with van der Waals surface area (Å²) in [6, 6.07) is 4.75. The molecule has 0 aromatic heterocycles. The Morgan fingerprint density at radius 1 is 1.39 bits per heavy atom. The molecular weight excluding hydrogens is 236 g/mol. The topological polar surface area (TPSA) is 80.7 Å². The van der Waals surface area contributed by atoms with Crippen molar-refractivity contribution >= 4 is 18.2 Å². The zero-order chi connectivity index (χ0) is 13.5. The Hall–Kier alpha value is -2.17. The highest BCUT2D eigenvalue weighted by molar-refractivity contribution is 5.99. The first-order valence-electron chi connectivity index (χ1n) is 5.56. The summed E-state index contributed by atoms with van der Waals surface area (Å²) in [7, 11) is 0. The maximum atomic E-state index is 11.8. The predicted molar refractivity (Wildman–Crippen MR) is 63.7 cm³/mol. The van der Waals surface area contributed by atoms with Crippen molar-refractivity contribution in [1.29, 1.82) is 0 Å². The summed E-state index contributed by atoms with van der Waals surface area (Å²) in [6.45, 7) is 1.86. The van der Waals surface area contributed by atoms with Crippen molar-refractivity contribution in [3.8, 4) is 0 Å². The van der Waals surface area contributed by atoms with Crippen molar-refractivity contribution in [2.24, 2.45) is 0 Å². The van der Waals surface area contributed by atoms with Crippen LogP contribution in [0.5, 0.6) is 0 Å². The minimum Gasteiger partial charge on any atom is -0.481 e. The third kappa shape index (κ3) is 3.41. The van der Waals surface area contributed by atoms with Crippen molar-refractivity contribution < 1.29 is 24.2 Å². The molecule has 96 valence electrons. The predicted octanol–water partition coefficient (Wildman–Crippen LogP) is 1.69. The fourth-order valence-corrected chi connectivity index (χ4v) is 1.62. The lowest BCUT2D eigenvalue weighted by Crippen LogP contribution is -2.12. The molecule has 1 N–H and O–H groups in total. The first-order chi connectivity index (χ1) is 8.60. The Balaban J connectivity index is 3.11. The van der Waals surface area contributed by atoms with Crippen molar-refractivity contribution in [3.63, 3.8) is 0 Å². The molecule has 18 heavy (non-hydrogen) atoms. The van der Waals surface area contributed by atoms with Crippen LogP contribution in [-0.2, 0) is 16.0 Å². The number of rotatable bonds is 6. The van der Waals surface area contributed by atoms with Gasteiger partial charge in [-0.15, -0.1) is 0 Å². The molecular formula is C13H14O5. The van der Waals surface area contributed by atoms with E-state index in [0.29, 0.717) is 11.8 Å². The number of aryl methyl sites for hydroxylation is 1. The molecule has 0 amide bonds. The van der Waals surface area contributed by atoms with E-state index in [1.165, 1.54) is 6.07 Å². The number of ether oxygens (including phenoxy) is 1. The molecule has 0 bridgehead atoms. The van der Waals surface area contributed by atoms with Crippen LogP contribution in [0.2, 0.25) is 0 Å². The molecule has 0 saturated carbocycles. The Kier molecular flexibility index (Phi) is 5.05. The fourth-order valence-electron chi connectivity index (χ4n) is 1.62. The normalized spacial score (nSPS) is 9.83. The average Bonchev–Trinajstić information content (AvgIpc) is 2.35. The largest absolute Gasteiger partial charge is 0.481 e. The molecule has 1 aromatic rings. The molecule has 0 radical (unpaired) electrons. The molecule has 5 heteroatoms. The second-order valence-electron chi connectivity index (χ2n) is 3.61. The average molecular weight is 250 g/mol. The van der Waals surface area contributed by atoms with Gasteiger partial charge >= 0.3 is 11.9 Å². The first kappa shape index (κ1) is 13.9. The Morgan fingerprint density at radius 2 is 2.11 bits per heavy atom. The number of benzene rings is 1. The van der Waals surface area contributed by atoms with Gasteiger partial charge in [0.05, 0.1) is 12.2 Å². The van der Waals surface area contributed by atoms with Gasteiger partial charge in [-0.3, -0.25) is 9.59 Å². The molecule has 0 atom stereocenters. The van der Waals surface area contributed by atoms with E-state index in [4.69, 9.17) is 9.84 Å². The number of aldehydes is 1. The molecule has 0 spiro atoms. The smallest absolute Gasteiger partial charge is 0.339 e. The van der Waals surface area contributed by atoms with E-state index in [2.05, 4.69) is 0 Å². The number of carboxylic acid groups (broad SMARTS) is 1. The second kappa shape index (κ2) is 6.54. The number of hydrogen-bond donors (Lipinski definition) is 1. The summed E-state index contributed by atoms with van der Waals surface area (Å²) in [4.78, 5) is 33.2. The number of carboxylic acids is 1. The van der Waals surface area contributed by atoms with E-state index in [9.17, 15) is 14.4 Å². The SMILES string of the molecule is CCOC(=O)c1c(C=O)cccc1CCC(=O)O. The molecule has 1 rings (SSSR count).